The van der Waals surface area contributed by atoms with Gasteiger partial charge in [-0.25, -0.2) is 0 Å². The van der Waals surface area contributed by atoms with Crippen LogP contribution >= 0.6 is 0 Å². The molecular weight excluding hydrogens is 124 g/mol. The summed E-state index contributed by atoms with van der Waals surface area (Å²) in [6.45, 7) is 2.11. The molecule has 0 unspecified atom stereocenters. The third kappa shape index (κ3) is 1.99. The largest absolute Gasteiger partial charge is 0.456 e. The molecule has 52 valence electrons. The van der Waals surface area contributed by atoms with Gasteiger partial charge in [-0.2, -0.15) is 0 Å². The molecule has 1 heterocycles. The van der Waals surface area contributed by atoms with Gasteiger partial charge in [0, 0.05) is 6.42 Å². The van der Waals surface area contributed by atoms with Crippen LogP contribution in [-0.2, 0) is 0 Å². The average molecular weight is 134 g/mol. The van der Waals surface area contributed by atoms with E-state index in [4.69, 9.17) is 4.42 Å². The molecule has 1 rings (SSSR count). The third-order valence-corrected chi connectivity index (χ3v) is 1.11. The van der Waals surface area contributed by atoms with E-state index in [0.29, 0.717) is 0 Å². The highest BCUT2D eigenvalue weighted by atomic mass is 16.3. The first-order valence-corrected chi connectivity index (χ1v) is 3.46. The van der Waals surface area contributed by atoms with Crippen LogP contribution in [0.15, 0.2) is 22.8 Å². The fraction of sp³-hybridized carbons (Fsp3) is 0.333. The number of rotatable bonds is 1. The third-order valence-electron chi connectivity index (χ3n) is 1.11. The van der Waals surface area contributed by atoms with Gasteiger partial charge in [0.15, 0.2) is 5.76 Å². The highest BCUT2D eigenvalue weighted by Gasteiger charge is 1.83. The van der Waals surface area contributed by atoms with E-state index in [1.54, 1.807) is 6.26 Å². The van der Waals surface area contributed by atoms with E-state index in [1.165, 1.54) is 0 Å². The second-order valence-corrected chi connectivity index (χ2v) is 2.03. The van der Waals surface area contributed by atoms with Crippen LogP contribution in [0.5, 0.6) is 0 Å². The van der Waals surface area contributed by atoms with Crippen molar-refractivity contribution in [2.24, 2.45) is 0 Å². The normalized spacial score (nSPS) is 8.50. The topological polar surface area (TPSA) is 13.1 Å². The highest BCUT2D eigenvalue weighted by Crippen LogP contribution is 1.96. The zero-order chi connectivity index (χ0) is 7.23. The van der Waals surface area contributed by atoms with Gasteiger partial charge in [-0.1, -0.05) is 12.8 Å². The summed E-state index contributed by atoms with van der Waals surface area (Å²) in [6, 6.07) is 3.71. The molecule has 0 amide bonds. The summed E-state index contributed by atoms with van der Waals surface area (Å²) >= 11 is 0. The van der Waals surface area contributed by atoms with Gasteiger partial charge in [-0.15, -0.1) is 0 Å². The zero-order valence-corrected chi connectivity index (χ0v) is 6.05. The predicted octanol–water partition coefficient (Wildman–Crippen LogP) is 2.43. The molecule has 0 aromatic carbocycles. The van der Waals surface area contributed by atoms with Crippen molar-refractivity contribution >= 4 is 0 Å². The Bertz CT molecular complexity index is 223. The van der Waals surface area contributed by atoms with Crippen molar-refractivity contribution in [2.45, 2.75) is 19.8 Å². The molecule has 0 saturated carbocycles. The van der Waals surface area contributed by atoms with Gasteiger partial charge in [0.25, 0.3) is 0 Å². The number of hydrogen-bond donors (Lipinski definition) is 0. The van der Waals surface area contributed by atoms with Crippen molar-refractivity contribution in [3.63, 3.8) is 0 Å². The first-order chi connectivity index (χ1) is 4.93. The van der Waals surface area contributed by atoms with Crippen LogP contribution in [0.4, 0.5) is 0 Å². The van der Waals surface area contributed by atoms with Crippen LogP contribution in [0.3, 0.4) is 0 Å². The lowest BCUT2D eigenvalue weighted by Crippen LogP contribution is -1.64. The van der Waals surface area contributed by atoms with Gasteiger partial charge in [0.1, 0.15) is 0 Å². The quantitative estimate of drug-likeness (QED) is 0.537. The van der Waals surface area contributed by atoms with Crippen LogP contribution in [0.25, 0.3) is 0 Å². The number of unbranched alkanes of at least 4 members (excludes halogenated alkanes) is 1. The summed E-state index contributed by atoms with van der Waals surface area (Å²) in [5.41, 5.74) is 0. The minimum atomic E-state index is 0.758. The molecular formula is C9H10O. The standard InChI is InChI=1S/C9H10O/c1-2-3-4-6-9-7-5-8-10-9/h5,7-8H,2-3H2,1H3. The van der Waals surface area contributed by atoms with Gasteiger partial charge in [-0.05, 0) is 24.5 Å². The smallest absolute Gasteiger partial charge is 0.176 e. The fourth-order valence-corrected chi connectivity index (χ4v) is 0.624. The maximum atomic E-state index is 5.01. The molecule has 0 N–H and O–H groups in total. The van der Waals surface area contributed by atoms with Crippen molar-refractivity contribution in [3.8, 4) is 11.8 Å². The van der Waals surface area contributed by atoms with Gasteiger partial charge in [0.2, 0.25) is 0 Å². The summed E-state index contributed by atoms with van der Waals surface area (Å²) in [6.07, 6.45) is 3.68. The summed E-state index contributed by atoms with van der Waals surface area (Å²) in [4.78, 5) is 0. The van der Waals surface area contributed by atoms with Crippen molar-refractivity contribution in [2.75, 3.05) is 0 Å². The van der Waals surface area contributed by atoms with E-state index in [1.807, 2.05) is 12.1 Å². The van der Waals surface area contributed by atoms with Crippen molar-refractivity contribution in [1.29, 1.82) is 0 Å². The van der Waals surface area contributed by atoms with Crippen LogP contribution in [0.2, 0.25) is 0 Å². The maximum absolute atomic E-state index is 5.01. The summed E-state index contributed by atoms with van der Waals surface area (Å²) in [5, 5.41) is 0. The second-order valence-electron chi connectivity index (χ2n) is 2.03. The highest BCUT2D eigenvalue weighted by molar-refractivity contribution is 5.23. The molecule has 1 aromatic heterocycles. The van der Waals surface area contributed by atoms with E-state index in [-0.39, 0.29) is 0 Å². The van der Waals surface area contributed by atoms with E-state index in [9.17, 15) is 0 Å². The van der Waals surface area contributed by atoms with E-state index in [2.05, 4.69) is 18.8 Å². The summed E-state index contributed by atoms with van der Waals surface area (Å²) < 4.78 is 5.01. The van der Waals surface area contributed by atoms with E-state index in [0.717, 1.165) is 18.6 Å². The Balaban J connectivity index is 2.49. The fourth-order valence-electron chi connectivity index (χ4n) is 0.624. The maximum Gasteiger partial charge on any atom is 0.176 e. The molecule has 0 saturated heterocycles. The SMILES string of the molecule is CCCC#Cc1ccco1. The molecule has 0 radical (unpaired) electrons. The lowest BCUT2D eigenvalue weighted by Gasteiger charge is -1.77. The lowest BCUT2D eigenvalue weighted by molar-refractivity contribution is 0.554. The van der Waals surface area contributed by atoms with Gasteiger partial charge < -0.3 is 4.42 Å². The summed E-state index contributed by atoms with van der Waals surface area (Å²) in [7, 11) is 0. The van der Waals surface area contributed by atoms with E-state index >= 15 is 0 Å². The molecule has 1 aromatic rings. The monoisotopic (exact) mass is 134 g/mol. The Morgan fingerprint density at radius 1 is 1.60 bits per heavy atom. The van der Waals surface area contributed by atoms with Gasteiger partial charge in [0.05, 0.1) is 6.26 Å². The molecule has 1 nitrogen and oxygen atoms in total. The molecule has 0 spiro atoms. The Morgan fingerprint density at radius 2 is 2.50 bits per heavy atom. The second kappa shape index (κ2) is 3.79. The molecule has 1 heteroatoms. The first kappa shape index (κ1) is 6.95. The Hall–Kier alpha value is -1.16. The molecule has 0 aliphatic rings. The van der Waals surface area contributed by atoms with Crippen LogP contribution in [0.1, 0.15) is 25.5 Å². The average Bonchev–Trinajstić information content (AvgIpc) is 2.41. The minimum absolute atomic E-state index is 0.758. The van der Waals surface area contributed by atoms with E-state index < -0.39 is 0 Å². The first-order valence-electron chi connectivity index (χ1n) is 3.46. The van der Waals surface area contributed by atoms with Gasteiger partial charge >= 0.3 is 0 Å². The van der Waals surface area contributed by atoms with Crippen molar-refractivity contribution < 1.29 is 4.42 Å². The summed E-state index contributed by atoms with van der Waals surface area (Å²) in [5.74, 6) is 6.66. The molecule has 0 atom stereocenters. The van der Waals surface area contributed by atoms with Crippen LogP contribution < -0.4 is 0 Å². The Morgan fingerprint density at radius 3 is 3.10 bits per heavy atom. The molecule has 10 heavy (non-hydrogen) atoms. The lowest BCUT2D eigenvalue weighted by atomic mass is 10.3. The van der Waals surface area contributed by atoms with Crippen LogP contribution in [0, 0.1) is 11.8 Å². The van der Waals surface area contributed by atoms with Crippen molar-refractivity contribution in [1.82, 2.24) is 0 Å². The Labute approximate surface area is 61.0 Å². The molecule has 0 aliphatic heterocycles. The van der Waals surface area contributed by atoms with Gasteiger partial charge in [-0.3, -0.25) is 0 Å². The number of hydrogen-bond acceptors (Lipinski definition) is 1. The number of furan rings is 1. The molecule has 0 aliphatic carbocycles. The zero-order valence-electron chi connectivity index (χ0n) is 6.05. The minimum Gasteiger partial charge on any atom is -0.456 e. The molecule has 0 fully saturated rings. The van der Waals surface area contributed by atoms with Crippen LogP contribution in [-0.4, -0.2) is 0 Å². The predicted molar refractivity (Wildman–Crippen MR) is 40.5 cm³/mol. The Kier molecular flexibility index (Phi) is 2.63. The van der Waals surface area contributed by atoms with Crippen molar-refractivity contribution in [3.05, 3.63) is 24.2 Å². The molecule has 0 bridgehead atoms.